The normalized spacial score (nSPS) is 31.5. The van der Waals surface area contributed by atoms with E-state index in [2.05, 4.69) is 37.9 Å². The average Bonchev–Trinajstić information content (AvgIpc) is 3.05. The molecule has 0 amide bonds. The molecule has 0 saturated carbocycles. The van der Waals surface area contributed by atoms with Crippen molar-refractivity contribution in [3.05, 3.63) is 35.7 Å². The van der Waals surface area contributed by atoms with Crippen LogP contribution in [0.5, 0.6) is 0 Å². The molecule has 0 aromatic carbocycles. The van der Waals surface area contributed by atoms with Crippen molar-refractivity contribution in [1.82, 2.24) is 9.61 Å². The maximum absolute atomic E-state index is 6.33. The summed E-state index contributed by atoms with van der Waals surface area (Å²) >= 11 is 0. The molecule has 22 heavy (non-hydrogen) atoms. The predicted octanol–water partition coefficient (Wildman–Crippen LogP) is 2.79. The zero-order valence-corrected chi connectivity index (χ0v) is 13.5. The van der Waals surface area contributed by atoms with Gasteiger partial charge in [-0.2, -0.15) is 5.10 Å². The maximum Gasteiger partial charge on any atom is 0.173 e. The number of ether oxygens (including phenoxy) is 2. The van der Waals surface area contributed by atoms with Crippen LogP contribution in [0.3, 0.4) is 0 Å². The minimum atomic E-state index is -0.768. The fourth-order valence-electron chi connectivity index (χ4n) is 3.46. The van der Waals surface area contributed by atoms with Gasteiger partial charge >= 0.3 is 0 Å². The fraction of sp³-hybridized carbons (Fsp3) is 0.500. The molecule has 0 bridgehead atoms. The van der Waals surface area contributed by atoms with E-state index in [1.165, 1.54) is 5.56 Å². The van der Waals surface area contributed by atoms with E-state index in [1.54, 1.807) is 13.3 Å². The summed E-state index contributed by atoms with van der Waals surface area (Å²) in [4.78, 5) is 0. The molecule has 4 nitrogen and oxygen atoms in total. The SMILES string of the molecule is C#C[C@@]1(c2ccc3c(C)ccnn23)O[C@H](COC)[C@@H](C)[C@H]1C. The lowest BCUT2D eigenvalue weighted by molar-refractivity contribution is -0.0523. The maximum atomic E-state index is 6.33. The van der Waals surface area contributed by atoms with E-state index in [0.29, 0.717) is 12.5 Å². The van der Waals surface area contributed by atoms with Crippen molar-refractivity contribution in [2.75, 3.05) is 13.7 Å². The highest BCUT2D eigenvalue weighted by Gasteiger charge is 2.52. The smallest absolute Gasteiger partial charge is 0.173 e. The summed E-state index contributed by atoms with van der Waals surface area (Å²) in [5.41, 5.74) is 2.38. The number of hydrogen-bond acceptors (Lipinski definition) is 3. The van der Waals surface area contributed by atoms with E-state index >= 15 is 0 Å². The molecule has 4 atom stereocenters. The van der Waals surface area contributed by atoms with Gasteiger partial charge in [-0.15, -0.1) is 6.42 Å². The van der Waals surface area contributed by atoms with Crippen molar-refractivity contribution in [2.24, 2.45) is 11.8 Å². The Morgan fingerprint density at radius 3 is 2.86 bits per heavy atom. The average molecular weight is 298 g/mol. The molecule has 2 aromatic heterocycles. The summed E-state index contributed by atoms with van der Waals surface area (Å²) in [6.07, 6.45) is 7.73. The molecule has 3 heterocycles. The van der Waals surface area contributed by atoms with Crippen molar-refractivity contribution in [2.45, 2.75) is 32.5 Å². The fourth-order valence-corrected chi connectivity index (χ4v) is 3.46. The number of hydrogen-bond donors (Lipinski definition) is 0. The Hall–Kier alpha value is -1.83. The first-order chi connectivity index (χ1) is 10.5. The molecule has 0 aliphatic carbocycles. The second-order valence-corrected chi connectivity index (χ2v) is 6.17. The number of aromatic nitrogens is 2. The minimum Gasteiger partial charge on any atom is -0.382 e. The van der Waals surface area contributed by atoms with Crippen molar-refractivity contribution in [3.8, 4) is 12.3 Å². The van der Waals surface area contributed by atoms with Crippen LogP contribution in [0, 0.1) is 31.1 Å². The van der Waals surface area contributed by atoms with Crippen molar-refractivity contribution < 1.29 is 9.47 Å². The van der Waals surface area contributed by atoms with Gasteiger partial charge in [0, 0.05) is 19.2 Å². The van der Waals surface area contributed by atoms with Crippen LogP contribution in [0.15, 0.2) is 24.4 Å². The highest BCUT2D eigenvalue weighted by molar-refractivity contribution is 5.56. The van der Waals surface area contributed by atoms with Gasteiger partial charge in [-0.3, -0.25) is 0 Å². The van der Waals surface area contributed by atoms with Crippen LogP contribution in [0.1, 0.15) is 25.1 Å². The lowest BCUT2D eigenvalue weighted by atomic mass is 9.80. The Balaban J connectivity index is 2.14. The summed E-state index contributed by atoms with van der Waals surface area (Å²) in [7, 11) is 1.69. The van der Waals surface area contributed by atoms with Crippen LogP contribution in [0.4, 0.5) is 0 Å². The van der Waals surface area contributed by atoms with Gasteiger partial charge in [-0.25, -0.2) is 4.52 Å². The Bertz CT molecular complexity index is 730. The zero-order chi connectivity index (χ0) is 15.9. The predicted molar refractivity (Wildman–Crippen MR) is 85.5 cm³/mol. The highest BCUT2D eigenvalue weighted by Crippen LogP contribution is 2.47. The molecule has 0 N–H and O–H groups in total. The van der Waals surface area contributed by atoms with Crippen LogP contribution in [0.2, 0.25) is 0 Å². The van der Waals surface area contributed by atoms with E-state index in [4.69, 9.17) is 15.9 Å². The largest absolute Gasteiger partial charge is 0.382 e. The Labute approximate surface area is 131 Å². The Kier molecular flexibility index (Phi) is 3.72. The van der Waals surface area contributed by atoms with Gasteiger partial charge in [0.1, 0.15) is 0 Å². The topological polar surface area (TPSA) is 35.8 Å². The van der Waals surface area contributed by atoms with E-state index in [-0.39, 0.29) is 12.0 Å². The number of methoxy groups -OCH3 is 1. The molecule has 1 fully saturated rings. The van der Waals surface area contributed by atoms with E-state index in [9.17, 15) is 0 Å². The molecule has 3 rings (SSSR count). The first kappa shape index (κ1) is 15.1. The highest BCUT2D eigenvalue weighted by atomic mass is 16.5. The lowest BCUT2D eigenvalue weighted by Gasteiger charge is -2.28. The monoisotopic (exact) mass is 298 g/mol. The first-order valence-electron chi connectivity index (χ1n) is 7.63. The van der Waals surface area contributed by atoms with Crippen molar-refractivity contribution in [3.63, 3.8) is 0 Å². The molecular formula is C18H22N2O2. The van der Waals surface area contributed by atoms with Gasteiger partial charge in [-0.1, -0.05) is 19.8 Å². The summed E-state index contributed by atoms with van der Waals surface area (Å²) < 4.78 is 13.5. The molecule has 116 valence electrons. The quantitative estimate of drug-likeness (QED) is 0.818. The summed E-state index contributed by atoms with van der Waals surface area (Å²) in [6, 6.07) is 6.09. The van der Waals surface area contributed by atoms with E-state index in [1.807, 2.05) is 16.6 Å². The molecule has 2 aromatic rings. The van der Waals surface area contributed by atoms with Crippen LogP contribution in [-0.4, -0.2) is 29.4 Å². The third kappa shape index (κ3) is 1.97. The second-order valence-electron chi connectivity index (χ2n) is 6.17. The zero-order valence-electron chi connectivity index (χ0n) is 13.5. The summed E-state index contributed by atoms with van der Waals surface area (Å²) in [5, 5.41) is 4.48. The molecular weight excluding hydrogens is 276 g/mol. The Morgan fingerprint density at radius 1 is 1.41 bits per heavy atom. The lowest BCUT2D eigenvalue weighted by Crippen LogP contribution is -2.32. The van der Waals surface area contributed by atoms with Gasteiger partial charge < -0.3 is 9.47 Å². The van der Waals surface area contributed by atoms with Crippen LogP contribution in [0.25, 0.3) is 5.52 Å². The number of nitrogens with zero attached hydrogens (tertiary/aromatic N) is 2. The number of aryl methyl sites for hydroxylation is 1. The molecule has 1 saturated heterocycles. The van der Waals surface area contributed by atoms with Gasteiger partial charge in [0.25, 0.3) is 0 Å². The van der Waals surface area contributed by atoms with Crippen molar-refractivity contribution >= 4 is 5.52 Å². The number of rotatable bonds is 3. The summed E-state index contributed by atoms with van der Waals surface area (Å²) in [6.45, 7) is 6.93. The Morgan fingerprint density at radius 2 is 2.18 bits per heavy atom. The molecule has 0 unspecified atom stereocenters. The summed E-state index contributed by atoms with van der Waals surface area (Å²) in [5.74, 6) is 3.41. The molecule has 0 spiro atoms. The van der Waals surface area contributed by atoms with E-state index in [0.717, 1.165) is 11.2 Å². The van der Waals surface area contributed by atoms with Gasteiger partial charge in [-0.05, 0) is 36.6 Å². The van der Waals surface area contributed by atoms with Crippen LogP contribution in [-0.2, 0) is 15.1 Å². The molecule has 1 aliphatic heterocycles. The van der Waals surface area contributed by atoms with Gasteiger partial charge in [0.2, 0.25) is 0 Å². The van der Waals surface area contributed by atoms with E-state index < -0.39 is 5.60 Å². The standard InChI is InChI=1S/C18H22N2O2/c1-6-18(14(4)13(3)16(22-18)11-21-5)17-8-7-15-12(2)9-10-19-20(15)17/h1,7-10,13-14,16H,11H2,2-5H3/t13-,14+,16+,18+/m0/s1. The second kappa shape index (κ2) is 5.42. The number of fused-ring (bicyclic) bond motifs is 1. The van der Waals surface area contributed by atoms with Crippen molar-refractivity contribution in [1.29, 1.82) is 0 Å². The minimum absolute atomic E-state index is 0.00795. The van der Waals surface area contributed by atoms with Gasteiger partial charge in [0.05, 0.1) is 23.9 Å². The molecule has 1 aliphatic rings. The molecule has 4 heteroatoms. The molecule has 0 radical (unpaired) electrons. The number of terminal acetylenes is 1. The third-order valence-electron chi connectivity index (χ3n) is 5.05. The van der Waals surface area contributed by atoms with Crippen LogP contribution >= 0.6 is 0 Å². The third-order valence-corrected chi connectivity index (χ3v) is 5.05. The van der Waals surface area contributed by atoms with Gasteiger partial charge in [0.15, 0.2) is 5.60 Å². The van der Waals surface area contributed by atoms with Crippen LogP contribution < -0.4 is 0 Å². The first-order valence-corrected chi connectivity index (χ1v) is 7.63.